The molecule has 1 saturated heterocycles. The molecule has 0 saturated carbocycles. The van der Waals surface area contributed by atoms with Crippen molar-refractivity contribution in [1.29, 1.82) is 0 Å². The Labute approximate surface area is 213 Å². The van der Waals surface area contributed by atoms with Crippen molar-refractivity contribution < 1.29 is 14.6 Å². The molecule has 5 rings (SSSR count). The molecule has 4 heteroatoms. The molecule has 0 radical (unpaired) electrons. The summed E-state index contributed by atoms with van der Waals surface area (Å²) >= 11 is 0. The van der Waals surface area contributed by atoms with E-state index in [-0.39, 0.29) is 12.4 Å². The number of rotatable bonds is 9. The lowest BCUT2D eigenvalue weighted by molar-refractivity contribution is 0.227. The molecule has 186 valence electrons. The van der Waals surface area contributed by atoms with Crippen LogP contribution < -0.4 is 0 Å². The number of fused-ring (bicyclic) bond motifs is 1. The van der Waals surface area contributed by atoms with E-state index < -0.39 is 0 Å². The topological polar surface area (TPSA) is 56.8 Å². The largest absolute Gasteiger partial charge is 0.508 e. The minimum atomic E-state index is 0.139. The molecular weight excluding hydrogens is 446 g/mol. The maximum Gasteiger partial charge on any atom is 0.134 e. The van der Waals surface area contributed by atoms with Gasteiger partial charge < -0.3 is 19.5 Å². The molecule has 0 atom stereocenters. The van der Waals surface area contributed by atoms with E-state index in [0.717, 1.165) is 58.4 Å². The summed E-state index contributed by atoms with van der Waals surface area (Å²) in [4.78, 5) is 2.54. The zero-order chi connectivity index (χ0) is 24.7. The van der Waals surface area contributed by atoms with Crippen LogP contribution in [-0.4, -0.2) is 41.4 Å². The van der Waals surface area contributed by atoms with Gasteiger partial charge in [-0.3, -0.25) is 0 Å². The third-order valence-corrected chi connectivity index (χ3v) is 7.14. The Balaban J connectivity index is 1.55. The van der Waals surface area contributed by atoms with Crippen LogP contribution in [0.3, 0.4) is 0 Å². The highest BCUT2D eigenvalue weighted by Gasteiger charge is 2.16. The predicted molar refractivity (Wildman–Crippen MR) is 147 cm³/mol. The Morgan fingerprint density at radius 2 is 1.56 bits per heavy atom. The lowest BCUT2D eigenvalue weighted by Crippen LogP contribution is -2.31. The number of benzene rings is 3. The molecule has 4 nitrogen and oxygen atoms in total. The van der Waals surface area contributed by atoms with Gasteiger partial charge in [-0.1, -0.05) is 55.0 Å². The second kappa shape index (κ2) is 11.6. The van der Waals surface area contributed by atoms with E-state index in [4.69, 9.17) is 4.42 Å². The fraction of sp³-hybridized carbons (Fsp3) is 0.312. The van der Waals surface area contributed by atoms with Crippen molar-refractivity contribution in [3.05, 3.63) is 101 Å². The summed E-state index contributed by atoms with van der Waals surface area (Å²) < 4.78 is 6.22. The molecule has 0 bridgehead atoms. The van der Waals surface area contributed by atoms with Gasteiger partial charge in [0.25, 0.3) is 0 Å². The molecule has 2 heterocycles. The van der Waals surface area contributed by atoms with Crippen LogP contribution in [0.2, 0.25) is 0 Å². The first kappa shape index (κ1) is 24.4. The Kier molecular flexibility index (Phi) is 7.85. The first-order chi connectivity index (χ1) is 17.7. The van der Waals surface area contributed by atoms with Gasteiger partial charge in [-0.25, -0.2) is 0 Å². The minimum Gasteiger partial charge on any atom is -0.508 e. The number of aliphatic hydroxyl groups is 1. The number of hydrogen-bond acceptors (Lipinski definition) is 4. The van der Waals surface area contributed by atoms with Gasteiger partial charge >= 0.3 is 0 Å². The van der Waals surface area contributed by atoms with Crippen LogP contribution >= 0.6 is 0 Å². The van der Waals surface area contributed by atoms with E-state index in [1.54, 1.807) is 12.1 Å². The normalized spacial score (nSPS) is 15.2. The van der Waals surface area contributed by atoms with E-state index in [0.29, 0.717) is 6.42 Å². The molecule has 2 N–H and O–H groups in total. The quantitative estimate of drug-likeness (QED) is 0.255. The van der Waals surface area contributed by atoms with E-state index in [2.05, 4.69) is 53.4 Å². The van der Waals surface area contributed by atoms with Gasteiger partial charge in [0.05, 0.1) is 0 Å². The zero-order valence-electron chi connectivity index (χ0n) is 20.8. The molecule has 1 fully saturated rings. The second-order valence-electron chi connectivity index (χ2n) is 9.71. The second-order valence-corrected chi connectivity index (χ2v) is 9.71. The van der Waals surface area contributed by atoms with Crippen molar-refractivity contribution in [2.75, 3.05) is 26.2 Å². The van der Waals surface area contributed by atoms with Crippen molar-refractivity contribution in [2.45, 2.75) is 38.5 Å². The number of allylic oxidation sites excluding steroid dienone is 1. The maximum absolute atomic E-state index is 9.93. The summed E-state index contributed by atoms with van der Waals surface area (Å²) in [6.07, 6.45) is 6.31. The summed E-state index contributed by atoms with van der Waals surface area (Å²) in [5.41, 5.74) is 6.50. The number of aliphatic hydroxyl groups excluding tert-OH is 1. The summed E-state index contributed by atoms with van der Waals surface area (Å²) in [7, 11) is 0. The summed E-state index contributed by atoms with van der Waals surface area (Å²) in [6.45, 7) is 3.58. The zero-order valence-corrected chi connectivity index (χ0v) is 20.8. The number of phenols is 1. The summed E-state index contributed by atoms with van der Waals surface area (Å²) in [5, 5.41) is 20.7. The van der Waals surface area contributed by atoms with E-state index in [1.165, 1.54) is 37.9 Å². The molecule has 0 spiro atoms. The average Bonchev–Trinajstić information content (AvgIpc) is 3.34. The van der Waals surface area contributed by atoms with Crippen LogP contribution in [-0.2, 0) is 6.42 Å². The average molecular weight is 482 g/mol. The van der Waals surface area contributed by atoms with Gasteiger partial charge in [-0.15, -0.1) is 0 Å². The van der Waals surface area contributed by atoms with Crippen molar-refractivity contribution >= 4 is 22.1 Å². The molecule has 36 heavy (non-hydrogen) atoms. The van der Waals surface area contributed by atoms with Gasteiger partial charge in [0.2, 0.25) is 0 Å². The van der Waals surface area contributed by atoms with Gasteiger partial charge in [0.15, 0.2) is 0 Å². The molecule has 0 unspecified atom stereocenters. The van der Waals surface area contributed by atoms with E-state index in [1.807, 2.05) is 18.2 Å². The number of furan rings is 1. The highest BCUT2D eigenvalue weighted by molar-refractivity contribution is 6.00. The van der Waals surface area contributed by atoms with Crippen LogP contribution in [0.15, 0.2) is 83.3 Å². The van der Waals surface area contributed by atoms with Crippen LogP contribution in [0.4, 0.5) is 0 Å². The van der Waals surface area contributed by atoms with Crippen LogP contribution in [0, 0.1) is 0 Å². The van der Waals surface area contributed by atoms with Crippen molar-refractivity contribution in [3.8, 4) is 5.75 Å². The standard InChI is InChI=1S/C32H35NO3/c34-21-7-10-30(24-8-3-1-4-9-24)32(25-11-14-28(35)15-12-25)26-13-16-31-27(22-26)23-29(36-31)17-20-33-18-5-2-6-19-33/h1,3-4,8-9,11-16,22-23,34-35H,2,5-7,10,17-21H2/b32-30-. The van der Waals surface area contributed by atoms with Gasteiger partial charge in [0.1, 0.15) is 17.1 Å². The maximum atomic E-state index is 9.93. The molecule has 3 aromatic carbocycles. The SMILES string of the molecule is OCCC/C(=C(\c1ccc(O)cc1)c1ccc2oc(CCN3CCCCC3)cc2c1)c1ccccc1. The van der Waals surface area contributed by atoms with Crippen molar-refractivity contribution in [3.63, 3.8) is 0 Å². The lowest BCUT2D eigenvalue weighted by atomic mass is 9.87. The first-order valence-electron chi connectivity index (χ1n) is 13.2. The van der Waals surface area contributed by atoms with Crippen molar-refractivity contribution in [2.24, 2.45) is 0 Å². The van der Waals surface area contributed by atoms with Crippen molar-refractivity contribution in [1.82, 2.24) is 4.90 Å². The lowest BCUT2D eigenvalue weighted by Gasteiger charge is -2.25. The van der Waals surface area contributed by atoms with Crippen LogP contribution in [0.25, 0.3) is 22.1 Å². The molecular formula is C32H35NO3. The third-order valence-electron chi connectivity index (χ3n) is 7.14. The molecule has 1 aromatic heterocycles. The van der Waals surface area contributed by atoms with Gasteiger partial charge in [-0.2, -0.15) is 0 Å². The molecule has 0 aliphatic carbocycles. The highest BCUT2D eigenvalue weighted by atomic mass is 16.3. The third kappa shape index (κ3) is 5.72. The summed E-state index contributed by atoms with van der Waals surface area (Å²) in [5.74, 6) is 1.28. The summed E-state index contributed by atoms with van der Waals surface area (Å²) in [6, 6.07) is 26.4. The Bertz CT molecular complexity index is 1300. The Morgan fingerprint density at radius 1 is 0.806 bits per heavy atom. The van der Waals surface area contributed by atoms with Gasteiger partial charge in [-0.05, 0) is 96.9 Å². The van der Waals surface area contributed by atoms with Crippen LogP contribution in [0.1, 0.15) is 54.6 Å². The monoisotopic (exact) mass is 481 g/mol. The molecule has 1 aliphatic rings. The van der Waals surface area contributed by atoms with Gasteiger partial charge in [0, 0.05) is 25.0 Å². The van der Waals surface area contributed by atoms with Crippen LogP contribution in [0.5, 0.6) is 5.75 Å². The Morgan fingerprint density at radius 3 is 2.31 bits per heavy atom. The number of phenolic OH excluding ortho intramolecular Hbond substituents is 1. The number of piperidine rings is 1. The molecule has 0 amide bonds. The fourth-order valence-corrected chi connectivity index (χ4v) is 5.28. The molecule has 1 aliphatic heterocycles. The number of hydrogen-bond donors (Lipinski definition) is 2. The number of likely N-dealkylation sites (tertiary alicyclic amines) is 1. The van der Waals surface area contributed by atoms with E-state index in [9.17, 15) is 10.2 Å². The first-order valence-corrected chi connectivity index (χ1v) is 13.2. The number of aromatic hydroxyl groups is 1. The molecule has 4 aromatic rings. The Hall–Kier alpha value is -3.34. The highest BCUT2D eigenvalue weighted by Crippen LogP contribution is 2.37. The minimum absolute atomic E-state index is 0.139. The smallest absolute Gasteiger partial charge is 0.134 e. The number of nitrogens with zero attached hydrogens (tertiary/aromatic N) is 1. The van der Waals surface area contributed by atoms with E-state index >= 15 is 0 Å². The fourth-order valence-electron chi connectivity index (χ4n) is 5.28. The predicted octanol–water partition coefficient (Wildman–Crippen LogP) is 6.90.